The van der Waals surface area contributed by atoms with E-state index in [9.17, 15) is 4.39 Å². The highest BCUT2D eigenvalue weighted by atomic mass is 32.1. The predicted octanol–water partition coefficient (Wildman–Crippen LogP) is 2.55. The molecule has 0 aliphatic rings. The summed E-state index contributed by atoms with van der Waals surface area (Å²) < 4.78 is 13.9. The Hall–Kier alpha value is -1.53. The molecule has 1 aromatic carbocycles. The van der Waals surface area contributed by atoms with Crippen LogP contribution in [0.3, 0.4) is 0 Å². The molecule has 0 unspecified atom stereocenters. The van der Waals surface area contributed by atoms with Crippen molar-refractivity contribution < 1.29 is 4.39 Å². The number of nitrogens with two attached hydrogens (primary N) is 1. The first-order valence-electron chi connectivity index (χ1n) is 5.25. The predicted molar refractivity (Wildman–Crippen MR) is 76.5 cm³/mol. The van der Waals surface area contributed by atoms with Gasteiger partial charge in [-0.1, -0.05) is 12.2 Å². The van der Waals surface area contributed by atoms with E-state index in [0.717, 1.165) is 5.69 Å². The van der Waals surface area contributed by atoms with Gasteiger partial charge in [0.2, 0.25) is 0 Å². The lowest BCUT2D eigenvalue weighted by Crippen LogP contribution is -2.18. The Morgan fingerprint density at radius 3 is 2.89 bits per heavy atom. The lowest BCUT2D eigenvalue weighted by atomic mass is 10.2. The van der Waals surface area contributed by atoms with Crippen LogP contribution in [0.1, 0.15) is 11.3 Å². The van der Waals surface area contributed by atoms with Crippen LogP contribution in [0, 0.1) is 5.82 Å². The monoisotopic (exact) mass is 281 g/mol. The SMILES string of the molecule is CN(Cc1cscn1)c1ccc(C(N)=S)cc1F. The van der Waals surface area contributed by atoms with Crippen molar-refractivity contribution in [2.24, 2.45) is 5.73 Å². The lowest BCUT2D eigenvalue weighted by molar-refractivity contribution is 0.621. The third-order valence-corrected chi connectivity index (χ3v) is 3.40. The van der Waals surface area contributed by atoms with Gasteiger partial charge in [-0.3, -0.25) is 0 Å². The summed E-state index contributed by atoms with van der Waals surface area (Å²) in [5.74, 6) is -0.335. The van der Waals surface area contributed by atoms with Crippen molar-refractivity contribution in [1.29, 1.82) is 0 Å². The van der Waals surface area contributed by atoms with Crippen LogP contribution < -0.4 is 10.6 Å². The number of benzene rings is 1. The molecule has 0 aliphatic carbocycles. The Kier molecular flexibility index (Phi) is 3.88. The molecule has 0 aliphatic heterocycles. The standard InChI is InChI=1S/C12H12FN3S2/c1-16(5-9-6-18-7-15-9)11-3-2-8(12(14)17)4-10(11)13/h2-4,6-7H,5H2,1H3,(H2,14,17). The summed E-state index contributed by atoms with van der Waals surface area (Å²) in [5, 5.41) is 1.94. The van der Waals surface area contributed by atoms with E-state index in [1.54, 1.807) is 22.5 Å². The van der Waals surface area contributed by atoms with Crippen LogP contribution >= 0.6 is 23.6 Å². The number of anilines is 1. The second-order valence-electron chi connectivity index (χ2n) is 3.87. The first-order valence-corrected chi connectivity index (χ1v) is 6.60. The van der Waals surface area contributed by atoms with E-state index < -0.39 is 0 Å². The zero-order chi connectivity index (χ0) is 13.1. The van der Waals surface area contributed by atoms with E-state index >= 15 is 0 Å². The molecule has 0 spiro atoms. The highest BCUT2D eigenvalue weighted by molar-refractivity contribution is 7.80. The van der Waals surface area contributed by atoms with Crippen molar-refractivity contribution >= 4 is 34.2 Å². The molecule has 1 heterocycles. The molecule has 2 N–H and O–H groups in total. The second kappa shape index (κ2) is 5.41. The number of thiazole rings is 1. The number of halogens is 1. The van der Waals surface area contributed by atoms with Crippen molar-refractivity contribution in [3.63, 3.8) is 0 Å². The van der Waals surface area contributed by atoms with Gasteiger partial charge in [0, 0.05) is 18.0 Å². The molecule has 0 bridgehead atoms. The van der Waals surface area contributed by atoms with Crippen molar-refractivity contribution in [2.45, 2.75) is 6.54 Å². The highest BCUT2D eigenvalue weighted by Gasteiger charge is 2.10. The van der Waals surface area contributed by atoms with Crippen molar-refractivity contribution in [3.05, 3.63) is 46.2 Å². The molecule has 0 atom stereocenters. The van der Waals surface area contributed by atoms with E-state index in [0.29, 0.717) is 17.8 Å². The van der Waals surface area contributed by atoms with Crippen LogP contribution in [0.4, 0.5) is 10.1 Å². The zero-order valence-electron chi connectivity index (χ0n) is 9.76. The average molecular weight is 281 g/mol. The third kappa shape index (κ3) is 2.83. The Labute approximate surface area is 114 Å². The number of rotatable bonds is 4. The molecule has 2 rings (SSSR count). The molecule has 3 nitrogen and oxygen atoms in total. The second-order valence-corrected chi connectivity index (χ2v) is 5.02. The van der Waals surface area contributed by atoms with Crippen molar-refractivity contribution in [2.75, 3.05) is 11.9 Å². The van der Waals surface area contributed by atoms with Gasteiger partial charge < -0.3 is 10.6 Å². The molecule has 2 aromatic rings. The van der Waals surface area contributed by atoms with Gasteiger partial charge >= 0.3 is 0 Å². The summed E-state index contributed by atoms with van der Waals surface area (Å²) in [5.41, 5.74) is 9.18. The maximum Gasteiger partial charge on any atom is 0.147 e. The smallest absolute Gasteiger partial charge is 0.147 e. The topological polar surface area (TPSA) is 42.2 Å². The molecule has 1 aromatic heterocycles. The molecule has 6 heteroatoms. The summed E-state index contributed by atoms with van der Waals surface area (Å²) in [4.78, 5) is 6.17. The number of hydrogen-bond acceptors (Lipinski definition) is 4. The van der Waals surface area contributed by atoms with E-state index in [1.165, 1.54) is 17.4 Å². The summed E-state index contributed by atoms with van der Waals surface area (Å²) in [6.45, 7) is 0.562. The Morgan fingerprint density at radius 2 is 2.33 bits per heavy atom. The van der Waals surface area contributed by atoms with Crippen LogP contribution in [0.5, 0.6) is 0 Å². The van der Waals surface area contributed by atoms with Crippen LogP contribution in [0.15, 0.2) is 29.1 Å². The van der Waals surface area contributed by atoms with Crippen LogP contribution in [0.2, 0.25) is 0 Å². The minimum absolute atomic E-state index is 0.197. The summed E-state index contributed by atoms with van der Waals surface area (Å²) in [6, 6.07) is 4.75. The summed E-state index contributed by atoms with van der Waals surface area (Å²) in [6.07, 6.45) is 0. The molecule has 0 fully saturated rings. The fourth-order valence-corrected chi connectivity index (χ4v) is 2.29. The van der Waals surface area contributed by atoms with Gasteiger partial charge in [0.1, 0.15) is 10.8 Å². The van der Waals surface area contributed by atoms with Crippen LogP contribution in [0.25, 0.3) is 0 Å². The van der Waals surface area contributed by atoms with Gasteiger partial charge in [0.05, 0.1) is 23.4 Å². The normalized spacial score (nSPS) is 10.3. The minimum atomic E-state index is -0.335. The van der Waals surface area contributed by atoms with Gasteiger partial charge in [-0.2, -0.15) is 0 Å². The average Bonchev–Trinajstić information content (AvgIpc) is 2.81. The van der Waals surface area contributed by atoms with E-state index in [-0.39, 0.29) is 10.8 Å². The first-order chi connectivity index (χ1) is 8.58. The highest BCUT2D eigenvalue weighted by Crippen LogP contribution is 2.21. The largest absolute Gasteiger partial charge is 0.389 e. The lowest BCUT2D eigenvalue weighted by Gasteiger charge is -2.19. The number of thiocarbonyl (C=S) groups is 1. The van der Waals surface area contributed by atoms with Gasteiger partial charge in [-0.05, 0) is 18.2 Å². The molecular weight excluding hydrogens is 269 g/mol. The van der Waals surface area contributed by atoms with Crippen molar-refractivity contribution in [1.82, 2.24) is 4.98 Å². The van der Waals surface area contributed by atoms with Gasteiger partial charge in [0.25, 0.3) is 0 Å². The Balaban J connectivity index is 2.20. The third-order valence-electron chi connectivity index (χ3n) is 2.53. The van der Waals surface area contributed by atoms with Crippen LogP contribution in [-0.2, 0) is 6.54 Å². The summed E-state index contributed by atoms with van der Waals surface area (Å²) >= 11 is 6.34. The molecule has 0 saturated heterocycles. The Bertz CT molecular complexity index is 554. The van der Waals surface area contributed by atoms with E-state index in [2.05, 4.69) is 4.98 Å². The fourth-order valence-electron chi connectivity index (χ4n) is 1.61. The zero-order valence-corrected chi connectivity index (χ0v) is 11.4. The number of hydrogen-bond donors (Lipinski definition) is 1. The molecule has 0 amide bonds. The molecule has 0 radical (unpaired) electrons. The Morgan fingerprint density at radius 1 is 1.56 bits per heavy atom. The number of aromatic nitrogens is 1. The quantitative estimate of drug-likeness (QED) is 0.875. The minimum Gasteiger partial charge on any atom is -0.389 e. The van der Waals surface area contributed by atoms with Crippen LogP contribution in [-0.4, -0.2) is 17.0 Å². The van der Waals surface area contributed by atoms with E-state index in [4.69, 9.17) is 18.0 Å². The molecule has 18 heavy (non-hydrogen) atoms. The van der Waals surface area contributed by atoms with E-state index in [1.807, 2.05) is 12.4 Å². The molecule has 94 valence electrons. The van der Waals surface area contributed by atoms with Gasteiger partial charge in [-0.25, -0.2) is 9.37 Å². The van der Waals surface area contributed by atoms with Gasteiger partial charge in [0.15, 0.2) is 0 Å². The first kappa shape index (κ1) is 12.9. The maximum atomic E-state index is 13.9. The van der Waals surface area contributed by atoms with Crippen molar-refractivity contribution in [3.8, 4) is 0 Å². The maximum absolute atomic E-state index is 13.9. The molecule has 0 saturated carbocycles. The number of nitrogens with zero attached hydrogens (tertiary/aromatic N) is 2. The summed E-state index contributed by atoms with van der Waals surface area (Å²) in [7, 11) is 1.82. The molecular formula is C12H12FN3S2. The fraction of sp³-hybridized carbons (Fsp3) is 0.167. The van der Waals surface area contributed by atoms with Gasteiger partial charge in [-0.15, -0.1) is 11.3 Å².